The third kappa shape index (κ3) is 3.97. The minimum absolute atomic E-state index is 0.0868. The van der Waals surface area contributed by atoms with Crippen LogP contribution in [-0.4, -0.2) is 51.9 Å². The Morgan fingerprint density at radius 1 is 1.27 bits per heavy atom. The maximum Gasteiger partial charge on any atom is 0.358 e. The molecule has 1 amide bonds. The van der Waals surface area contributed by atoms with Gasteiger partial charge in [-0.15, -0.1) is 0 Å². The molecule has 0 aliphatic carbocycles. The van der Waals surface area contributed by atoms with E-state index in [-0.39, 0.29) is 24.3 Å². The first kappa shape index (κ1) is 22.0. The van der Waals surface area contributed by atoms with Gasteiger partial charge in [-0.05, 0) is 56.9 Å². The summed E-state index contributed by atoms with van der Waals surface area (Å²) in [5, 5.41) is 19.4. The second-order valence-electron chi connectivity index (χ2n) is 8.66. The fourth-order valence-electron chi connectivity index (χ4n) is 3.80. The van der Waals surface area contributed by atoms with Crippen molar-refractivity contribution < 1.29 is 34.1 Å². The van der Waals surface area contributed by atoms with Gasteiger partial charge < -0.3 is 24.6 Å². The zero-order valence-electron chi connectivity index (χ0n) is 17.5. The Morgan fingerprint density at radius 3 is 2.57 bits per heavy atom. The lowest BCUT2D eigenvalue weighted by Crippen LogP contribution is -2.61. The fourth-order valence-corrected chi connectivity index (χ4v) is 3.80. The highest BCUT2D eigenvalue weighted by Gasteiger charge is 2.57. The van der Waals surface area contributed by atoms with Gasteiger partial charge in [-0.3, -0.25) is 9.59 Å². The molecule has 0 aromatic heterocycles. The Kier molecular flexibility index (Phi) is 6.01. The van der Waals surface area contributed by atoms with E-state index in [1.54, 1.807) is 52.0 Å². The summed E-state index contributed by atoms with van der Waals surface area (Å²) in [6.45, 7) is 5.88. The van der Waals surface area contributed by atoms with E-state index in [1.165, 1.54) is 4.90 Å². The van der Waals surface area contributed by atoms with E-state index in [2.05, 4.69) is 0 Å². The summed E-state index contributed by atoms with van der Waals surface area (Å²) in [6.07, 6.45) is -0.463. The molecule has 0 saturated carbocycles. The van der Waals surface area contributed by atoms with Crippen molar-refractivity contribution >= 4 is 23.4 Å². The maximum absolute atomic E-state index is 12.8. The topological polar surface area (TPSA) is 113 Å². The van der Waals surface area contributed by atoms with E-state index in [0.717, 1.165) is 0 Å². The quantitative estimate of drug-likeness (QED) is 0.410. The van der Waals surface area contributed by atoms with Gasteiger partial charge in [0.25, 0.3) is 0 Å². The second kappa shape index (κ2) is 8.20. The molecule has 1 fully saturated rings. The van der Waals surface area contributed by atoms with Gasteiger partial charge in [-0.1, -0.05) is 18.2 Å². The molecule has 3 rings (SSSR count). The van der Waals surface area contributed by atoms with E-state index in [1.807, 2.05) is 0 Å². The van der Waals surface area contributed by atoms with Gasteiger partial charge in [0, 0.05) is 0 Å². The average molecular weight is 417 g/mol. The lowest BCUT2D eigenvalue weighted by Gasteiger charge is -2.44. The van der Waals surface area contributed by atoms with Crippen LogP contribution in [0.5, 0.6) is 0 Å². The van der Waals surface area contributed by atoms with E-state index in [0.29, 0.717) is 23.1 Å². The number of carbonyl (C=O) groups excluding carboxylic acids is 3. The highest BCUT2D eigenvalue weighted by molar-refractivity contribution is 6.06. The molecule has 8 heteroatoms. The number of β-lactam (4-membered cyclic amide) rings is 1. The van der Waals surface area contributed by atoms with E-state index < -0.39 is 36.2 Å². The summed E-state index contributed by atoms with van der Waals surface area (Å²) < 4.78 is 10.2. The van der Waals surface area contributed by atoms with Crippen molar-refractivity contribution in [1.29, 1.82) is 0 Å². The predicted molar refractivity (Wildman–Crippen MR) is 106 cm³/mol. The first-order valence-corrected chi connectivity index (χ1v) is 9.85. The smallest absolute Gasteiger partial charge is 0.358 e. The standard InChI is InChI=1S/C22H27NO7/c1-12(25)17-16-9-15(14-7-5-6-13(8-14)10-24)18(23(16)19(17)26)20(27)29-11-30-21(28)22(2,3)4/h5-8,12,16-17,24-25H,9-11H2,1-4H3/t12-,16-,17-/m1/s1. The van der Waals surface area contributed by atoms with E-state index in [4.69, 9.17) is 9.47 Å². The molecule has 30 heavy (non-hydrogen) atoms. The van der Waals surface area contributed by atoms with Crippen molar-refractivity contribution in [1.82, 2.24) is 4.90 Å². The maximum atomic E-state index is 12.8. The van der Waals surface area contributed by atoms with Crippen molar-refractivity contribution in [2.45, 2.75) is 52.9 Å². The largest absolute Gasteiger partial charge is 0.427 e. The second-order valence-corrected chi connectivity index (χ2v) is 8.66. The molecule has 0 unspecified atom stereocenters. The number of hydrogen-bond donors (Lipinski definition) is 2. The number of ether oxygens (including phenoxy) is 2. The van der Waals surface area contributed by atoms with Gasteiger partial charge in [-0.25, -0.2) is 4.79 Å². The highest BCUT2D eigenvalue weighted by atomic mass is 16.7. The molecular formula is C22H27NO7. The Bertz CT molecular complexity index is 897. The molecule has 8 nitrogen and oxygen atoms in total. The van der Waals surface area contributed by atoms with Gasteiger partial charge >= 0.3 is 11.9 Å². The number of hydrogen-bond acceptors (Lipinski definition) is 7. The minimum Gasteiger partial charge on any atom is -0.427 e. The minimum atomic E-state index is -0.841. The van der Waals surface area contributed by atoms with Crippen molar-refractivity contribution in [3.05, 3.63) is 41.1 Å². The highest BCUT2D eigenvalue weighted by Crippen LogP contribution is 2.47. The number of benzene rings is 1. The van der Waals surface area contributed by atoms with E-state index >= 15 is 0 Å². The third-order valence-corrected chi connectivity index (χ3v) is 5.37. The summed E-state index contributed by atoms with van der Waals surface area (Å²) in [7, 11) is 0. The molecule has 0 radical (unpaired) electrons. The fraction of sp³-hybridized carbons (Fsp3) is 0.500. The summed E-state index contributed by atoms with van der Waals surface area (Å²) in [6, 6.07) is 6.70. The molecule has 162 valence electrons. The van der Waals surface area contributed by atoms with Gasteiger partial charge in [0.05, 0.1) is 30.1 Å². The van der Waals surface area contributed by atoms with Crippen molar-refractivity contribution in [3.8, 4) is 0 Å². The summed E-state index contributed by atoms with van der Waals surface area (Å²) in [5.74, 6) is -2.23. The van der Waals surface area contributed by atoms with Crippen LogP contribution in [0, 0.1) is 11.3 Å². The van der Waals surface area contributed by atoms with Crippen LogP contribution in [0.1, 0.15) is 45.2 Å². The lowest BCUT2D eigenvalue weighted by atomic mass is 9.82. The molecule has 2 heterocycles. The van der Waals surface area contributed by atoms with Gasteiger partial charge in [0.2, 0.25) is 12.7 Å². The van der Waals surface area contributed by atoms with Gasteiger partial charge in [0.15, 0.2) is 0 Å². The molecule has 0 spiro atoms. The van der Waals surface area contributed by atoms with Crippen molar-refractivity contribution in [3.63, 3.8) is 0 Å². The number of aliphatic hydroxyl groups excluding tert-OH is 2. The molecule has 1 saturated heterocycles. The number of aliphatic hydroxyl groups is 2. The molecule has 2 aliphatic heterocycles. The first-order valence-electron chi connectivity index (χ1n) is 9.85. The number of esters is 2. The number of rotatable bonds is 6. The number of amides is 1. The average Bonchev–Trinajstić information content (AvgIpc) is 3.01. The number of carbonyl (C=O) groups is 3. The molecule has 3 atom stereocenters. The van der Waals surface area contributed by atoms with Crippen molar-refractivity contribution in [2.24, 2.45) is 11.3 Å². The third-order valence-electron chi connectivity index (χ3n) is 5.37. The Balaban J connectivity index is 1.86. The summed E-state index contributed by atoms with van der Waals surface area (Å²) in [5.41, 5.74) is 1.30. The van der Waals surface area contributed by atoms with Gasteiger partial charge in [0.1, 0.15) is 5.70 Å². The normalized spacial score (nSPS) is 21.8. The molecule has 1 aromatic rings. The van der Waals surface area contributed by atoms with Crippen molar-refractivity contribution in [2.75, 3.05) is 6.79 Å². The SMILES string of the molecule is C[C@@H](O)[C@H]1C(=O)N2C(C(=O)OCOC(=O)C(C)(C)C)=C(c3cccc(CO)c3)C[C@H]12. The van der Waals surface area contributed by atoms with Crippen LogP contribution >= 0.6 is 0 Å². The lowest BCUT2D eigenvalue weighted by molar-refractivity contribution is -0.175. The van der Waals surface area contributed by atoms with Crippen LogP contribution in [-0.2, 0) is 30.5 Å². The summed E-state index contributed by atoms with van der Waals surface area (Å²) >= 11 is 0. The molecule has 1 aromatic carbocycles. The zero-order chi connectivity index (χ0) is 22.2. The first-order chi connectivity index (χ1) is 14.1. The number of nitrogens with zero attached hydrogens (tertiary/aromatic N) is 1. The molecular weight excluding hydrogens is 390 g/mol. The molecule has 2 N–H and O–H groups in total. The number of fused-ring (bicyclic) bond motifs is 1. The predicted octanol–water partition coefficient (Wildman–Crippen LogP) is 1.59. The van der Waals surface area contributed by atoms with Crippen LogP contribution in [0.2, 0.25) is 0 Å². The Hall–Kier alpha value is -2.71. The van der Waals surface area contributed by atoms with Crippen LogP contribution in [0.15, 0.2) is 30.0 Å². The van der Waals surface area contributed by atoms with E-state index in [9.17, 15) is 24.6 Å². The molecule has 0 bridgehead atoms. The van der Waals surface area contributed by atoms with Gasteiger partial charge in [-0.2, -0.15) is 0 Å². The summed E-state index contributed by atoms with van der Waals surface area (Å²) in [4.78, 5) is 38.7. The Labute approximate surface area is 175 Å². The Morgan fingerprint density at radius 2 is 1.97 bits per heavy atom. The van der Waals surface area contributed by atoms with Crippen LogP contribution in [0.3, 0.4) is 0 Å². The zero-order valence-corrected chi connectivity index (χ0v) is 17.5. The van der Waals surface area contributed by atoms with Crippen LogP contribution in [0.4, 0.5) is 0 Å². The van der Waals surface area contributed by atoms with Crippen LogP contribution < -0.4 is 0 Å². The van der Waals surface area contributed by atoms with Crippen LogP contribution in [0.25, 0.3) is 5.57 Å². The molecule has 2 aliphatic rings. The monoisotopic (exact) mass is 417 g/mol.